The van der Waals surface area contributed by atoms with Crippen LogP contribution in [0.3, 0.4) is 0 Å². The molecule has 8 nitrogen and oxygen atoms in total. The molecule has 2 aromatic rings. The van der Waals surface area contributed by atoms with Crippen LogP contribution in [0.25, 0.3) is 0 Å². The lowest BCUT2D eigenvalue weighted by molar-refractivity contribution is -0.136. The minimum Gasteiger partial charge on any atom is -0.497 e. The number of carbonyl (C=O) groups is 2. The number of rotatable bonds is 6. The van der Waals surface area contributed by atoms with E-state index in [1.54, 1.807) is 19.2 Å². The molecule has 33 heavy (non-hydrogen) atoms. The van der Waals surface area contributed by atoms with Crippen LogP contribution in [0.4, 0.5) is 10.5 Å². The Labute approximate surface area is 198 Å². The second-order valence-electron chi connectivity index (χ2n) is 7.90. The molecular weight excluding hydrogens is 444 g/mol. The molecule has 1 fully saturated rings. The van der Waals surface area contributed by atoms with E-state index in [1.807, 2.05) is 36.4 Å². The van der Waals surface area contributed by atoms with Gasteiger partial charge in [-0.3, -0.25) is 4.90 Å². The number of nitrogens with zero attached hydrogens (tertiary/aromatic N) is 2. The number of benzene rings is 2. The monoisotopic (exact) mass is 470 g/mol. The Balaban J connectivity index is 1.54. The number of esters is 1. The molecular formula is C24H27ClN4O4. The third kappa shape index (κ3) is 5.07. The van der Waals surface area contributed by atoms with Crippen molar-refractivity contribution in [2.24, 2.45) is 0 Å². The molecule has 2 amide bonds. The summed E-state index contributed by atoms with van der Waals surface area (Å²) in [5.74, 6) is 0.215. The Morgan fingerprint density at radius 1 is 1.06 bits per heavy atom. The topological polar surface area (TPSA) is 83.1 Å². The van der Waals surface area contributed by atoms with E-state index in [2.05, 4.69) is 20.4 Å². The van der Waals surface area contributed by atoms with Gasteiger partial charge in [0.15, 0.2) is 0 Å². The molecule has 0 aromatic heterocycles. The summed E-state index contributed by atoms with van der Waals surface area (Å²) >= 11 is 6.35. The molecule has 0 bridgehead atoms. The van der Waals surface area contributed by atoms with Gasteiger partial charge in [0, 0.05) is 38.4 Å². The number of urea groups is 1. The van der Waals surface area contributed by atoms with Crippen LogP contribution in [0.2, 0.25) is 5.02 Å². The number of hydrogen-bond acceptors (Lipinski definition) is 6. The lowest BCUT2D eigenvalue weighted by atomic mass is 9.95. The average Bonchev–Trinajstić information content (AvgIpc) is 2.84. The van der Waals surface area contributed by atoms with Gasteiger partial charge < -0.3 is 25.0 Å². The number of hydrogen-bond donors (Lipinski definition) is 2. The third-order valence-corrected chi connectivity index (χ3v) is 6.27. The van der Waals surface area contributed by atoms with Crippen LogP contribution >= 0.6 is 11.6 Å². The summed E-state index contributed by atoms with van der Waals surface area (Å²) in [7, 11) is 2.93. The minimum atomic E-state index is -0.614. The molecule has 1 atom stereocenters. The Bertz CT molecular complexity index is 1050. The van der Waals surface area contributed by atoms with Crippen LogP contribution in [0.1, 0.15) is 11.6 Å². The zero-order valence-corrected chi connectivity index (χ0v) is 19.4. The van der Waals surface area contributed by atoms with Crippen molar-refractivity contribution in [1.29, 1.82) is 0 Å². The molecule has 2 N–H and O–H groups in total. The predicted octanol–water partition coefficient (Wildman–Crippen LogP) is 2.95. The largest absolute Gasteiger partial charge is 0.497 e. The molecule has 2 heterocycles. The van der Waals surface area contributed by atoms with Crippen LogP contribution in [0, 0.1) is 0 Å². The Kier molecular flexibility index (Phi) is 7.05. The van der Waals surface area contributed by atoms with E-state index in [1.165, 1.54) is 7.11 Å². The fourth-order valence-electron chi connectivity index (χ4n) is 4.22. The van der Waals surface area contributed by atoms with Gasteiger partial charge in [-0.2, -0.15) is 0 Å². The molecule has 2 aliphatic heterocycles. The number of amides is 2. The number of anilines is 1. The maximum Gasteiger partial charge on any atom is 0.338 e. The van der Waals surface area contributed by atoms with Gasteiger partial charge in [-0.05, 0) is 29.8 Å². The van der Waals surface area contributed by atoms with Crippen molar-refractivity contribution in [2.75, 3.05) is 51.8 Å². The van der Waals surface area contributed by atoms with Gasteiger partial charge in [0.2, 0.25) is 0 Å². The fraction of sp³-hybridized carbons (Fsp3) is 0.333. The fourth-order valence-corrected chi connectivity index (χ4v) is 4.47. The van der Waals surface area contributed by atoms with E-state index in [0.717, 1.165) is 42.5 Å². The number of ether oxygens (including phenoxy) is 2. The Morgan fingerprint density at radius 2 is 1.76 bits per heavy atom. The van der Waals surface area contributed by atoms with Crippen molar-refractivity contribution in [3.05, 3.63) is 70.4 Å². The summed E-state index contributed by atoms with van der Waals surface area (Å²) in [5, 5.41) is 6.41. The van der Waals surface area contributed by atoms with Crippen LogP contribution in [-0.4, -0.2) is 63.8 Å². The average molecular weight is 471 g/mol. The molecule has 0 aliphatic carbocycles. The number of methoxy groups -OCH3 is 2. The van der Waals surface area contributed by atoms with Crippen LogP contribution in [0.15, 0.2) is 59.8 Å². The van der Waals surface area contributed by atoms with E-state index in [4.69, 9.17) is 21.1 Å². The van der Waals surface area contributed by atoms with Crippen molar-refractivity contribution >= 4 is 29.3 Å². The molecule has 4 rings (SSSR count). The van der Waals surface area contributed by atoms with Gasteiger partial charge in [-0.15, -0.1) is 0 Å². The summed E-state index contributed by atoms with van der Waals surface area (Å²) in [6.45, 7) is 3.54. The molecule has 174 valence electrons. The zero-order chi connectivity index (χ0) is 23.4. The Morgan fingerprint density at radius 3 is 2.39 bits per heavy atom. The predicted molar refractivity (Wildman–Crippen MR) is 127 cm³/mol. The van der Waals surface area contributed by atoms with Gasteiger partial charge in [0.25, 0.3) is 0 Å². The van der Waals surface area contributed by atoms with Gasteiger partial charge in [0.1, 0.15) is 5.75 Å². The first kappa shape index (κ1) is 22.9. The molecule has 9 heteroatoms. The number of nitrogens with one attached hydrogen (secondary N) is 2. The first-order valence-electron chi connectivity index (χ1n) is 10.7. The standard InChI is InChI=1S/C24H27ClN4O4/c1-32-17-9-7-16(8-10-17)22-21(23(30)33-2)19(26-24(31)27-22)15-28-11-13-29(14-12-28)20-6-4-3-5-18(20)25/h3-10,22H,11-15H2,1-2H3,(H2,26,27,31). The normalized spacial score (nSPS) is 19.1. The van der Waals surface area contributed by atoms with Crippen molar-refractivity contribution in [2.45, 2.75) is 6.04 Å². The van der Waals surface area contributed by atoms with E-state index in [-0.39, 0.29) is 6.03 Å². The van der Waals surface area contributed by atoms with Gasteiger partial charge >= 0.3 is 12.0 Å². The van der Waals surface area contributed by atoms with Crippen LogP contribution in [0.5, 0.6) is 5.75 Å². The van der Waals surface area contributed by atoms with Crippen molar-refractivity contribution in [3.8, 4) is 5.75 Å². The molecule has 0 spiro atoms. The summed E-state index contributed by atoms with van der Waals surface area (Å²) in [4.78, 5) is 29.7. The first-order valence-corrected chi connectivity index (χ1v) is 11.1. The second-order valence-corrected chi connectivity index (χ2v) is 8.31. The summed E-state index contributed by atoms with van der Waals surface area (Å²) in [6.07, 6.45) is 0. The number of piperazine rings is 1. The zero-order valence-electron chi connectivity index (χ0n) is 18.6. The van der Waals surface area contributed by atoms with E-state index in [9.17, 15) is 9.59 Å². The smallest absolute Gasteiger partial charge is 0.338 e. The van der Waals surface area contributed by atoms with Gasteiger partial charge in [-0.1, -0.05) is 35.9 Å². The highest BCUT2D eigenvalue weighted by atomic mass is 35.5. The summed E-state index contributed by atoms with van der Waals surface area (Å²) in [5.41, 5.74) is 2.74. The number of halogens is 1. The number of carbonyl (C=O) groups excluding carboxylic acids is 2. The Hall–Kier alpha value is -3.23. The van der Waals surface area contributed by atoms with Gasteiger partial charge in [-0.25, -0.2) is 9.59 Å². The van der Waals surface area contributed by atoms with Crippen molar-refractivity contribution < 1.29 is 19.1 Å². The second kappa shape index (κ2) is 10.1. The van der Waals surface area contributed by atoms with Crippen molar-refractivity contribution in [3.63, 3.8) is 0 Å². The SMILES string of the molecule is COC(=O)C1=C(CN2CCN(c3ccccc3Cl)CC2)NC(=O)NC1c1ccc(OC)cc1. The molecule has 0 saturated carbocycles. The minimum absolute atomic E-state index is 0.354. The van der Waals surface area contributed by atoms with Crippen molar-refractivity contribution in [1.82, 2.24) is 15.5 Å². The van der Waals surface area contributed by atoms with Gasteiger partial charge in [0.05, 0.1) is 36.5 Å². The summed E-state index contributed by atoms with van der Waals surface area (Å²) < 4.78 is 10.3. The third-order valence-electron chi connectivity index (χ3n) is 5.96. The molecule has 2 aromatic carbocycles. The maximum atomic E-state index is 12.8. The molecule has 1 unspecified atom stereocenters. The quantitative estimate of drug-likeness (QED) is 0.632. The van der Waals surface area contributed by atoms with Crippen LogP contribution in [-0.2, 0) is 9.53 Å². The molecule has 0 radical (unpaired) electrons. The van der Waals surface area contributed by atoms with E-state index < -0.39 is 12.0 Å². The highest BCUT2D eigenvalue weighted by Crippen LogP contribution is 2.30. The highest BCUT2D eigenvalue weighted by molar-refractivity contribution is 6.33. The van der Waals surface area contributed by atoms with Crippen LogP contribution < -0.4 is 20.3 Å². The maximum absolute atomic E-state index is 12.8. The lowest BCUT2D eigenvalue weighted by Crippen LogP contribution is -2.51. The highest BCUT2D eigenvalue weighted by Gasteiger charge is 2.34. The molecule has 1 saturated heterocycles. The summed E-state index contributed by atoms with van der Waals surface area (Å²) in [6, 6.07) is 14.1. The van der Waals surface area contributed by atoms with E-state index in [0.29, 0.717) is 23.6 Å². The molecule has 2 aliphatic rings. The number of para-hydroxylation sites is 1. The first-order chi connectivity index (χ1) is 16.0. The van der Waals surface area contributed by atoms with E-state index >= 15 is 0 Å². The lowest BCUT2D eigenvalue weighted by Gasteiger charge is -2.38.